The molecule has 10 heteroatoms. The molecule has 0 N–H and O–H groups in total. The lowest BCUT2D eigenvalue weighted by molar-refractivity contribution is 0.323. The van der Waals surface area contributed by atoms with Gasteiger partial charge in [-0.2, -0.15) is 9.10 Å². The molecular weight excluding hydrogens is 380 g/mol. The van der Waals surface area contributed by atoms with E-state index in [2.05, 4.69) is 20.4 Å². The average Bonchev–Trinajstić information content (AvgIpc) is 3.39. The molecule has 0 saturated carbocycles. The van der Waals surface area contributed by atoms with Crippen molar-refractivity contribution in [1.82, 2.24) is 29.5 Å². The van der Waals surface area contributed by atoms with Gasteiger partial charge in [-0.3, -0.25) is 4.98 Å². The van der Waals surface area contributed by atoms with Crippen LogP contribution in [-0.2, 0) is 16.6 Å². The van der Waals surface area contributed by atoms with Crippen LogP contribution in [0.4, 0.5) is 0 Å². The molecule has 4 rings (SSSR count). The fourth-order valence-corrected chi connectivity index (χ4v) is 5.00. The largest absolute Gasteiger partial charge is 0.497 e. The topological polar surface area (TPSA) is 103 Å². The van der Waals surface area contributed by atoms with Gasteiger partial charge in [0.15, 0.2) is 0 Å². The SMILES string of the molecule is COc1ccc(S(=O)(=O)N2CCC[C@H]2Cn2nnc(-c3ccncc3)n2)cc1. The highest BCUT2D eigenvalue weighted by atomic mass is 32.2. The van der Waals surface area contributed by atoms with Gasteiger partial charge in [-0.1, -0.05) is 0 Å². The van der Waals surface area contributed by atoms with Crippen LogP contribution >= 0.6 is 0 Å². The fourth-order valence-electron chi connectivity index (χ4n) is 3.32. The van der Waals surface area contributed by atoms with Crippen LogP contribution in [0.15, 0.2) is 53.7 Å². The number of hydrogen-bond donors (Lipinski definition) is 0. The van der Waals surface area contributed by atoms with Crippen LogP contribution < -0.4 is 4.74 Å². The van der Waals surface area contributed by atoms with Crippen molar-refractivity contribution in [3.05, 3.63) is 48.8 Å². The first-order valence-corrected chi connectivity index (χ1v) is 10.4. The Kier molecular flexibility index (Phi) is 5.05. The molecule has 1 fully saturated rings. The highest BCUT2D eigenvalue weighted by Crippen LogP contribution is 2.28. The summed E-state index contributed by atoms with van der Waals surface area (Å²) >= 11 is 0. The number of methoxy groups -OCH3 is 1. The average molecular weight is 400 g/mol. The molecule has 0 unspecified atom stereocenters. The first-order valence-electron chi connectivity index (χ1n) is 8.92. The van der Waals surface area contributed by atoms with Crippen molar-refractivity contribution in [2.45, 2.75) is 30.3 Å². The Morgan fingerprint density at radius 3 is 2.61 bits per heavy atom. The van der Waals surface area contributed by atoms with Crippen LogP contribution in [-0.4, -0.2) is 57.6 Å². The molecule has 0 amide bonds. The zero-order chi connectivity index (χ0) is 19.6. The van der Waals surface area contributed by atoms with Crippen molar-refractivity contribution in [2.75, 3.05) is 13.7 Å². The molecule has 9 nitrogen and oxygen atoms in total. The third-order valence-electron chi connectivity index (χ3n) is 4.75. The molecule has 0 spiro atoms. The number of pyridine rings is 1. The van der Waals surface area contributed by atoms with Crippen molar-refractivity contribution in [3.8, 4) is 17.1 Å². The third kappa shape index (κ3) is 3.60. The minimum absolute atomic E-state index is 0.216. The van der Waals surface area contributed by atoms with Crippen molar-refractivity contribution in [3.63, 3.8) is 0 Å². The Hall–Kier alpha value is -2.85. The lowest BCUT2D eigenvalue weighted by Gasteiger charge is -2.23. The maximum Gasteiger partial charge on any atom is 0.243 e. The lowest BCUT2D eigenvalue weighted by Crippen LogP contribution is -2.38. The predicted octanol–water partition coefficient (Wildman–Crippen LogP) is 1.60. The summed E-state index contributed by atoms with van der Waals surface area (Å²) in [5.74, 6) is 1.11. The number of hydrogen-bond acceptors (Lipinski definition) is 7. The molecule has 0 radical (unpaired) electrons. The van der Waals surface area contributed by atoms with Gasteiger partial charge in [0.25, 0.3) is 0 Å². The Morgan fingerprint density at radius 1 is 1.14 bits per heavy atom. The molecular formula is C18H20N6O3S. The van der Waals surface area contributed by atoms with Crippen molar-refractivity contribution in [1.29, 1.82) is 0 Å². The van der Waals surface area contributed by atoms with Gasteiger partial charge in [-0.05, 0) is 54.5 Å². The molecule has 1 aromatic carbocycles. The molecule has 2 aromatic heterocycles. The van der Waals surface area contributed by atoms with Gasteiger partial charge in [0.2, 0.25) is 15.8 Å². The van der Waals surface area contributed by atoms with E-state index >= 15 is 0 Å². The molecule has 0 aliphatic carbocycles. The van der Waals surface area contributed by atoms with Crippen molar-refractivity contribution < 1.29 is 13.2 Å². The second kappa shape index (κ2) is 7.64. The maximum atomic E-state index is 13.1. The molecule has 1 aliphatic rings. The fraction of sp³-hybridized carbons (Fsp3) is 0.333. The summed E-state index contributed by atoms with van der Waals surface area (Å²) < 4.78 is 32.8. The van der Waals surface area contributed by atoms with Gasteiger partial charge >= 0.3 is 0 Å². The first-order chi connectivity index (χ1) is 13.6. The Bertz CT molecular complexity index is 1040. The van der Waals surface area contributed by atoms with Gasteiger partial charge in [0.1, 0.15) is 5.75 Å². The second-order valence-corrected chi connectivity index (χ2v) is 8.38. The van der Waals surface area contributed by atoms with E-state index in [0.29, 0.717) is 24.7 Å². The second-order valence-electron chi connectivity index (χ2n) is 6.49. The molecule has 3 heterocycles. The van der Waals surface area contributed by atoms with E-state index in [0.717, 1.165) is 18.4 Å². The summed E-state index contributed by atoms with van der Waals surface area (Å²) in [5, 5.41) is 12.5. The quantitative estimate of drug-likeness (QED) is 0.619. The molecule has 146 valence electrons. The summed E-state index contributed by atoms with van der Waals surface area (Å²) in [5.41, 5.74) is 0.815. The van der Waals surface area contributed by atoms with Crippen LogP contribution in [0.3, 0.4) is 0 Å². The predicted molar refractivity (Wildman–Crippen MR) is 101 cm³/mol. The zero-order valence-electron chi connectivity index (χ0n) is 15.3. The maximum absolute atomic E-state index is 13.1. The number of nitrogens with zero attached hydrogens (tertiary/aromatic N) is 6. The van der Waals surface area contributed by atoms with Gasteiger partial charge in [-0.15, -0.1) is 10.2 Å². The van der Waals surface area contributed by atoms with E-state index in [4.69, 9.17) is 4.74 Å². The van der Waals surface area contributed by atoms with E-state index in [1.807, 2.05) is 0 Å². The third-order valence-corrected chi connectivity index (χ3v) is 6.72. The number of rotatable bonds is 6. The van der Waals surface area contributed by atoms with E-state index in [9.17, 15) is 8.42 Å². The lowest BCUT2D eigenvalue weighted by atomic mass is 10.2. The van der Waals surface area contributed by atoms with E-state index in [1.165, 1.54) is 9.10 Å². The summed E-state index contributed by atoms with van der Waals surface area (Å²) in [7, 11) is -2.05. The van der Waals surface area contributed by atoms with Gasteiger partial charge in [0, 0.05) is 30.5 Å². The standard InChI is InChI=1S/C18H20N6O3S/c1-27-16-4-6-17(7-5-16)28(25,26)23-12-2-3-15(23)13-24-21-18(20-22-24)14-8-10-19-11-9-14/h4-11,15H,2-3,12-13H2,1H3/t15-/m0/s1. The first kappa shape index (κ1) is 18.5. The van der Waals surface area contributed by atoms with Crippen LogP contribution in [0.25, 0.3) is 11.4 Å². The summed E-state index contributed by atoms with van der Waals surface area (Å²) in [4.78, 5) is 5.69. The minimum atomic E-state index is -3.60. The van der Waals surface area contributed by atoms with Crippen molar-refractivity contribution >= 4 is 10.0 Å². The Morgan fingerprint density at radius 2 is 1.89 bits per heavy atom. The number of benzene rings is 1. The highest BCUT2D eigenvalue weighted by Gasteiger charge is 2.36. The smallest absolute Gasteiger partial charge is 0.243 e. The summed E-state index contributed by atoms with van der Waals surface area (Å²) in [6, 6.07) is 9.83. The van der Waals surface area contributed by atoms with Gasteiger partial charge < -0.3 is 4.74 Å². The monoisotopic (exact) mass is 400 g/mol. The van der Waals surface area contributed by atoms with Gasteiger partial charge in [-0.25, -0.2) is 8.42 Å². The Balaban J connectivity index is 1.53. The van der Waals surface area contributed by atoms with Crippen molar-refractivity contribution in [2.24, 2.45) is 0 Å². The number of aromatic nitrogens is 5. The molecule has 3 aromatic rings. The number of tetrazole rings is 1. The summed E-state index contributed by atoms with van der Waals surface area (Å²) in [6.07, 6.45) is 4.87. The molecule has 1 saturated heterocycles. The van der Waals surface area contributed by atoms with Crippen LogP contribution in [0.2, 0.25) is 0 Å². The highest BCUT2D eigenvalue weighted by molar-refractivity contribution is 7.89. The van der Waals surface area contributed by atoms with E-state index in [1.54, 1.807) is 55.9 Å². The normalized spacial score (nSPS) is 17.7. The molecule has 0 bridgehead atoms. The number of ether oxygens (including phenoxy) is 1. The molecule has 1 atom stereocenters. The summed E-state index contributed by atoms with van der Waals surface area (Å²) in [6.45, 7) is 0.832. The molecule has 1 aliphatic heterocycles. The zero-order valence-corrected chi connectivity index (χ0v) is 16.2. The van der Waals surface area contributed by atoms with E-state index < -0.39 is 10.0 Å². The van der Waals surface area contributed by atoms with Crippen LogP contribution in [0.1, 0.15) is 12.8 Å². The Labute approximate surface area is 163 Å². The molecule has 28 heavy (non-hydrogen) atoms. The van der Waals surface area contributed by atoms with E-state index in [-0.39, 0.29) is 10.9 Å². The van der Waals surface area contributed by atoms with Crippen LogP contribution in [0.5, 0.6) is 5.75 Å². The number of sulfonamides is 1. The minimum Gasteiger partial charge on any atom is -0.497 e. The van der Waals surface area contributed by atoms with Gasteiger partial charge in [0.05, 0.1) is 18.6 Å². The van der Waals surface area contributed by atoms with Crippen LogP contribution in [0, 0.1) is 0 Å².